The van der Waals surface area contributed by atoms with E-state index in [1.165, 1.54) is 27.4 Å². The molecule has 2 aliphatic rings. The number of carboxylic acid groups (broad SMARTS) is 1. The molecule has 0 aliphatic carbocycles. The Labute approximate surface area is 157 Å². The molecule has 3 rings (SSSR count). The summed E-state index contributed by atoms with van der Waals surface area (Å²) in [6.45, 7) is 1.98. The van der Waals surface area contributed by atoms with Crippen LogP contribution in [0.25, 0.3) is 0 Å². The van der Waals surface area contributed by atoms with Crippen molar-refractivity contribution in [1.29, 1.82) is 0 Å². The van der Waals surface area contributed by atoms with E-state index in [1.54, 1.807) is 6.07 Å². The van der Waals surface area contributed by atoms with Gasteiger partial charge in [0, 0.05) is 31.7 Å². The van der Waals surface area contributed by atoms with Crippen LogP contribution in [0.15, 0.2) is 29.2 Å². The Morgan fingerprint density at radius 2 is 1.89 bits per heavy atom. The maximum Gasteiger partial charge on any atom is 0.306 e. The van der Waals surface area contributed by atoms with Crippen molar-refractivity contribution in [3.63, 3.8) is 0 Å². The maximum atomic E-state index is 12.8. The quantitative estimate of drug-likeness (QED) is 0.744. The summed E-state index contributed by atoms with van der Waals surface area (Å²) < 4.78 is 37.5. The molecule has 2 heterocycles. The van der Waals surface area contributed by atoms with Crippen molar-refractivity contribution in [1.82, 2.24) is 9.21 Å². The van der Waals surface area contributed by atoms with Crippen LogP contribution in [-0.4, -0.2) is 86.7 Å². The number of morpholine rings is 2. The third kappa shape index (κ3) is 4.64. The lowest BCUT2D eigenvalue weighted by Crippen LogP contribution is -2.46. The minimum atomic E-state index is -3.70. The highest BCUT2D eigenvalue weighted by Crippen LogP contribution is 2.20. The Balaban J connectivity index is 1.76. The average molecular weight is 398 g/mol. The normalized spacial score (nSPS) is 21.8. The minimum absolute atomic E-state index is 0.0607. The van der Waals surface area contributed by atoms with Gasteiger partial charge in [0.2, 0.25) is 10.0 Å². The Bertz CT molecular complexity index is 805. The lowest BCUT2D eigenvalue weighted by atomic mass is 10.1. The van der Waals surface area contributed by atoms with Gasteiger partial charge in [0.05, 0.1) is 37.2 Å². The lowest BCUT2D eigenvalue weighted by molar-refractivity contribution is -0.141. The number of aliphatic carboxylic acids is 1. The molecule has 0 radical (unpaired) electrons. The van der Waals surface area contributed by atoms with Gasteiger partial charge in [-0.05, 0) is 18.2 Å². The predicted molar refractivity (Wildman–Crippen MR) is 93.9 cm³/mol. The number of hydrogen-bond acceptors (Lipinski definition) is 6. The van der Waals surface area contributed by atoms with Crippen LogP contribution in [0.1, 0.15) is 16.8 Å². The van der Waals surface area contributed by atoms with Crippen molar-refractivity contribution in [3.8, 4) is 0 Å². The molecule has 1 N–H and O–H groups in total. The highest BCUT2D eigenvalue weighted by molar-refractivity contribution is 7.89. The molecule has 0 bridgehead atoms. The molecule has 1 aromatic rings. The number of hydrogen-bond donors (Lipinski definition) is 1. The van der Waals surface area contributed by atoms with Gasteiger partial charge in [0.25, 0.3) is 5.91 Å². The number of ether oxygens (including phenoxy) is 2. The zero-order chi connectivity index (χ0) is 19.4. The first kappa shape index (κ1) is 19.7. The fourth-order valence-corrected chi connectivity index (χ4v) is 4.58. The van der Waals surface area contributed by atoms with Crippen LogP contribution in [0, 0.1) is 0 Å². The second-order valence-corrected chi connectivity index (χ2v) is 8.32. The summed E-state index contributed by atoms with van der Waals surface area (Å²) in [5, 5.41) is 8.89. The van der Waals surface area contributed by atoms with E-state index in [0.717, 1.165) is 0 Å². The number of carbonyl (C=O) groups is 2. The molecule has 0 aromatic heterocycles. The molecule has 1 atom stereocenters. The second kappa shape index (κ2) is 8.34. The first-order chi connectivity index (χ1) is 12.9. The first-order valence-electron chi connectivity index (χ1n) is 8.68. The van der Waals surface area contributed by atoms with Crippen LogP contribution in [0.3, 0.4) is 0 Å². The summed E-state index contributed by atoms with van der Waals surface area (Å²) >= 11 is 0. The van der Waals surface area contributed by atoms with Crippen LogP contribution < -0.4 is 0 Å². The fraction of sp³-hybridized carbons (Fsp3) is 0.529. The Hall–Kier alpha value is -2.01. The molecule has 148 valence electrons. The van der Waals surface area contributed by atoms with Crippen molar-refractivity contribution in [2.24, 2.45) is 0 Å². The van der Waals surface area contributed by atoms with Gasteiger partial charge in [-0.3, -0.25) is 9.59 Å². The lowest BCUT2D eigenvalue weighted by Gasteiger charge is -2.32. The largest absolute Gasteiger partial charge is 0.481 e. The molecule has 1 aromatic carbocycles. The van der Waals surface area contributed by atoms with Crippen molar-refractivity contribution >= 4 is 21.9 Å². The number of amides is 1. The SMILES string of the molecule is O=C(O)CC1CN(C(=O)c2cccc(S(=O)(=O)N3CCOCC3)c2)CCO1. The van der Waals surface area contributed by atoms with Gasteiger partial charge in [-0.2, -0.15) is 4.31 Å². The number of carbonyl (C=O) groups excluding carboxylic acids is 1. The number of rotatable bonds is 5. The number of sulfonamides is 1. The van der Waals surface area contributed by atoms with E-state index in [4.69, 9.17) is 14.6 Å². The molecule has 2 saturated heterocycles. The minimum Gasteiger partial charge on any atom is -0.481 e. The maximum absolute atomic E-state index is 12.8. The van der Waals surface area contributed by atoms with Crippen molar-refractivity contribution in [2.45, 2.75) is 17.4 Å². The highest BCUT2D eigenvalue weighted by atomic mass is 32.2. The summed E-state index contributed by atoms with van der Waals surface area (Å²) in [6, 6.07) is 5.93. The summed E-state index contributed by atoms with van der Waals surface area (Å²) in [4.78, 5) is 25.2. The molecule has 0 spiro atoms. The van der Waals surface area contributed by atoms with E-state index in [9.17, 15) is 18.0 Å². The van der Waals surface area contributed by atoms with Crippen LogP contribution in [0.2, 0.25) is 0 Å². The Kier molecular flexibility index (Phi) is 6.10. The van der Waals surface area contributed by atoms with E-state index in [1.807, 2.05) is 0 Å². The topological polar surface area (TPSA) is 113 Å². The first-order valence-corrected chi connectivity index (χ1v) is 10.1. The average Bonchev–Trinajstić information content (AvgIpc) is 2.68. The predicted octanol–water partition coefficient (Wildman–Crippen LogP) is 0.0232. The summed E-state index contributed by atoms with van der Waals surface area (Å²) in [5.74, 6) is -1.33. The van der Waals surface area contributed by atoms with Crippen LogP contribution in [-0.2, 0) is 24.3 Å². The van der Waals surface area contributed by atoms with Crippen molar-refractivity contribution in [3.05, 3.63) is 29.8 Å². The van der Waals surface area contributed by atoms with Gasteiger partial charge in [-0.25, -0.2) is 8.42 Å². The number of nitrogens with zero attached hydrogens (tertiary/aromatic N) is 2. The van der Waals surface area contributed by atoms with Crippen LogP contribution in [0.4, 0.5) is 0 Å². The van der Waals surface area contributed by atoms with E-state index >= 15 is 0 Å². The third-order valence-corrected chi connectivity index (χ3v) is 6.41. The Morgan fingerprint density at radius 1 is 1.15 bits per heavy atom. The Morgan fingerprint density at radius 3 is 2.59 bits per heavy atom. The zero-order valence-corrected chi connectivity index (χ0v) is 15.6. The van der Waals surface area contributed by atoms with E-state index in [2.05, 4.69) is 0 Å². The van der Waals surface area contributed by atoms with Crippen molar-refractivity contribution < 1.29 is 32.6 Å². The third-order valence-electron chi connectivity index (χ3n) is 4.52. The van der Waals surface area contributed by atoms with Gasteiger partial charge >= 0.3 is 5.97 Å². The molecule has 1 unspecified atom stereocenters. The summed E-state index contributed by atoms with van der Waals surface area (Å²) in [6.07, 6.45) is -0.754. The number of benzene rings is 1. The molecule has 9 nitrogen and oxygen atoms in total. The zero-order valence-electron chi connectivity index (χ0n) is 14.7. The van der Waals surface area contributed by atoms with Gasteiger partial charge < -0.3 is 19.5 Å². The van der Waals surface area contributed by atoms with E-state index in [-0.39, 0.29) is 49.0 Å². The molecule has 1 amide bonds. The van der Waals surface area contributed by atoms with Gasteiger partial charge in [0.15, 0.2) is 0 Å². The molecule has 2 fully saturated rings. The molecule has 27 heavy (non-hydrogen) atoms. The van der Waals surface area contributed by atoms with Gasteiger partial charge in [-0.1, -0.05) is 6.07 Å². The molecular weight excluding hydrogens is 376 g/mol. The standard InChI is InChI=1S/C17H22N2O7S/c20-16(21)11-14-12-18(4-9-26-14)17(22)13-2-1-3-15(10-13)27(23,24)19-5-7-25-8-6-19/h1-3,10,14H,4-9,11-12H2,(H,20,21). The molecule has 10 heteroatoms. The highest BCUT2D eigenvalue weighted by Gasteiger charge is 2.29. The van der Waals surface area contributed by atoms with Gasteiger partial charge in [-0.15, -0.1) is 0 Å². The number of carboxylic acids is 1. The second-order valence-electron chi connectivity index (χ2n) is 6.39. The van der Waals surface area contributed by atoms with E-state index in [0.29, 0.717) is 19.8 Å². The molecular formula is C17H22N2O7S. The van der Waals surface area contributed by atoms with Crippen LogP contribution >= 0.6 is 0 Å². The molecule has 2 aliphatic heterocycles. The monoisotopic (exact) mass is 398 g/mol. The summed E-state index contributed by atoms with van der Waals surface area (Å²) in [7, 11) is -3.70. The summed E-state index contributed by atoms with van der Waals surface area (Å²) in [5.41, 5.74) is 0.250. The molecule has 0 saturated carbocycles. The van der Waals surface area contributed by atoms with Gasteiger partial charge in [0.1, 0.15) is 0 Å². The van der Waals surface area contributed by atoms with Crippen molar-refractivity contribution in [2.75, 3.05) is 46.0 Å². The van der Waals surface area contributed by atoms with Crippen LogP contribution in [0.5, 0.6) is 0 Å². The fourth-order valence-electron chi connectivity index (χ4n) is 3.13. The van der Waals surface area contributed by atoms with E-state index < -0.39 is 22.1 Å². The smallest absolute Gasteiger partial charge is 0.306 e.